The van der Waals surface area contributed by atoms with Crippen LogP contribution in [0.3, 0.4) is 0 Å². The van der Waals surface area contributed by atoms with Gasteiger partial charge in [-0.25, -0.2) is 14.2 Å². The third-order valence-electron chi connectivity index (χ3n) is 10.8. The van der Waals surface area contributed by atoms with Crippen molar-refractivity contribution in [3.63, 3.8) is 0 Å². The summed E-state index contributed by atoms with van der Waals surface area (Å²) in [5.41, 5.74) is 11.4. The Bertz CT molecular complexity index is 1790. The number of carboxylic acids is 1. The highest BCUT2D eigenvalue weighted by Crippen LogP contribution is 2.48. The van der Waals surface area contributed by atoms with Crippen LogP contribution in [0, 0.1) is 0 Å². The summed E-state index contributed by atoms with van der Waals surface area (Å²) in [6.45, 7) is 9.04. The number of hydrogen-bond donors (Lipinski definition) is 11. The number of primary amides is 2. The summed E-state index contributed by atoms with van der Waals surface area (Å²) in [5.74, 6) is -3.87. The Morgan fingerprint density at radius 2 is 1.45 bits per heavy atom. The Kier molecular flexibility index (Phi) is 21.7. The molecule has 3 saturated heterocycles. The molecule has 0 bridgehead atoms. The summed E-state index contributed by atoms with van der Waals surface area (Å²) < 4.78 is 62.4. The molecule has 3 fully saturated rings. The molecule has 2 unspecified atom stereocenters. The molecule has 3 aliphatic rings. The van der Waals surface area contributed by atoms with Gasteiger partial charge in [0.05, 0.1) is 25.9 Å². The quantitative estimate of drug-likeness (QED) is 0.0415. The van der Waals surface area contributed by atoms with E-state index in [0.717, 1.165) is 38.7 Å². The smallest absolute Gasteiger partial charge is 0.474 e. The fourth-order valence-electron chi connectivity index (χ4n) is 7.09. The number of carbonyl (C=O) groups is 4. The number of rotatable bonds is 23. The number of aliphatic hydroxyl groups excluding tert-OH is 5. The number of nitrogens with two attached hydrogens (primary N) is 2. The summed E-state index contributed by atoms with van der Waals surface area (Å²) in [6, 6.07) is -1.77. The second-order valence-electron chi connectivity index (χ2n) is 16.7. The molecule has 66 heavy (non-hydrogen) atoms. The predicted octanol–water partition coefficient (Wildman–Crippen LogP) is -1.39. The number of aliphatic carboxylic acids is 1. The van der Waals surface area contributed by atoms with Gasteiger partial charge >= 0.3 is 19.9 Å². The third kappa shape index (κ3) is 16.4. The number of carboxylic acid groups (broad SMARTS) is 1. The molecule has 0 aromatic carbocycles. The van der Waals surface area contributed by atoms with Gasteiger partial charge in [-0.05, 0) is 67.2 Å². The van der Waals surface area contributed by atoms with Gasteiger partial charge in [-0.3, -0.25) is 18.6 Å². The second-order valence-corrected chi connectivity index (χ2v) is 18.1. The van der Waals surface area contributed by atoms with Crippen LogP contribution in [0.1, 0.15) is 74.1 Å². The SMILES string of the molecule is CC(=O)N[C@H]1[C@H](O[C@H]2[C@@H](OP(=O)(O)OC[C@@H](OC/C=C(/C)CC/C=C(\C)CCC=C(C)C)C(=O)O)O[C@H](C(N)=O)[C@@](C)(O)[C@@H]2OC(N)=O)O[C@H](COC2O[C@H](C)[C@@H](O)[C@H](O)[C@H]2O)[C@@H](O)[C@@H]1O. The first-order valence-corrected chi connectivity index (χ1v) is 22.5. The molecule has 26 heteroatoms. The summed E-state index contributed by atoms with van der Waals surface area (Å²) in [7, 11) is -5.59. The van der Waals surface area contributed by atoms with Crippen molar-refractivity contribution in [2.24, 2.45) is 11.5 Å². The van der Waals surface area contributed by atoms with Crippen LogP contribution in [0.25, 0.3) is 0 Å². The number of nitrogens with one attached hydrogen (secondary N) is 1. The molecule has 17 atom stereocenters. The van der Waals surface area contributed by atoms with Crippen LogP contribution >= 0.6 is 7.82 Å². The summed E-state index contributed by atoms with van der Waals surface area (Å²) in [4.78, 5) is 60.1. The van der Waals surface area contributed by atoms with Crippen molar-refractivity contribution in [2.45, 2.75) is 172 Å². The lowest BCUT2D eigenvalue weighted by Gasteiger charge is -2.50. The standard InChI is InChI=1S/C40H66N3O22P/c1-18(2)10-8-11-19(3)12-9-13-20(4)14-15-57-24(35(51)52)17-59-66(55,56)65-38-31(32(64-39(42)53)40(7,54)33(63-38)34(41)50)62-36-25(43-22(6)44)28(47)27(46)23(61-36)16-58-37-30(49)29(48)26(45)21(5)60-37/h10,12,14,21,23-33,36-38,45-49,54H,8-9,11,13,15-17H2,1-7H3,(H2,41,50)(H2,42,53)(H,43,44)(H,51,52)(H,55,56)/b19-12+,20-14-/t21-,23-,24-,25-,26-,27-,28-,29+,30-,31-,32-,33-,36+,37?,38-,40+/m1/s1. The zero-order chi connectivity index (χ0) is 49.8. The molecule has 25 nitrogen and oxygen atoms in total. The second kappa shape index (κ2) is 25.2. The molecule has 3 aliphatic heterocycles. The van der Waals surface area contributed by atoms with E-state index in [1.54, 1.807) is 6.08 Å². The molecular formula is C40H66N3O22P. The van der Waals surface area contributed by atoms with Crippen molar-refractivity contribution in [3.05, 3.63) is 34.9 Å². The topological polar surface area (TPSA) is 394 Å². The van der Waals surface area contributed by atoms with Crippen molar-refractivity contribution in [1.29, 1.82) is 0 Å². The average Bonchev–Trinajstić information content (AvgIpc) is 3.20. The number of carbonyl (C=O) groups excluding carboxylic acids is 3. The average molecular weight is 972 g/mol. The van der Waals surface area contributed by atoms with Gasteiger partial charge < -0.3 is 90.6 Å². The first-order valence-electron chi connectivity index (χ1n) is 21.0. The van der Waals surface area contributed by atoms with E-state index < -0.39 is 143 Å². The lowest BCUT2D eigenvalue weighted by molar-refractivity contribution is -0.357. The molecule has 3 rings (SSSR count). The first-order chi connectivity index (χ1) is 30.7. The van der Waals surface area contributed by atoms with Gasteiger partial charge in [-0.1, -0.05) is 34.9 Å². The largest absolute Gasteiger partial charge is 0.479 e. The Morgan fingerprint density at radius 1 is 0.833 bits per heavy atom. The predicted molar refractivity (Wildman–Crippen MR) is 224 cm³/mol. The number of ether oxygens (including phenoxy) is 7. The van der Waals surface area contributed by atoms with Crippen molar-refractivity contribution in [1.82, 2.24) is 5.32 Å². The van der Waals surface area contributed by atoms with E-state index >= 15 is 0 Å². The maximum Gasteiger partial charge on any atom is 0.474 e. The van der Waals surface area contributed by atoms with Gasteiger partial charge in [-0.15, -0.1) is 0 Å². The Labute approximate surface area is 381 Å². The minimum atomic E-state index is -5.59. The van der Waals surface area contributed by atoms with Gasteiger partial charge in [0.1, 0.15) is 48.3 Å². The molecule has 13 N–H and O–H groups in total. The number of hydrogen-bond acceptors (Lipinski definition) is 20. The van der Waals surface area contributed by atoms with E-state index in [9.17, 15) is 64.4 Å². The van der Waals surface area contributed by atoms with Crippen LogP contribution in [0.4, 0.5) is 4.79 Å². The molecule has 0 aliphatic carbocycles. The fourth-order valence-corrected chi connectivity index (χ4v) is 7.91. The minimum Gasteiger partial charge on any atom is -0.479 e. The molecule has 0 spiro atoms. The number of allylic oxidation sites excluding steroid dienone is 5. The van der Waals surface area contributed by atoms with Crippen LogP contribution in [-0.4, -0.2) is 182 Å². The van der Waals surface area contributed by atoms with Crippen molar-refractivity contribution < 1.29 is 107 Å². The summed E-state index contributed by atoms with van der Waals surface area (Å²) in [6.07, 6.45) is -19.0. The monoisotopic (exact) mass is 971 g/mol. The number of amides is 3. The minimum absolute atomic E-state index is 0.239. The van der Waals surface area contributed by atoms with Gasteiger partial charge in [0.2, 0.25) is 11.8 Å². The zero-order valence-corrected chi connectivity index (χ0v) is 38.6. The Hall–Kier alpha value is -3.47. The van der Waals surface area contributed by atoms with Gasteiger partial charge in [0.25, 0.3) is 0 Å². The molecule has 378 valence electrons. The van der Waals surface area contributed by atoms with E-state index in [1.165, 1.54) is 18.1 Å². The lowest BCUT2D eigenvalue weighted by atomic mass is 9.85. The highest BCUT2D eigenvalue weighted by molar-refractivity contribution is 7.47. The molecule has 3 amide bonds. The van der Waals surface area contributed by atoms with Gasteiger partial charge in [0, 0.05) is 6.92 Å². The molecule has 0 aromatic rings. The number of phosphoric ester groups is 1. The Morgan fingerprint density at radius 3 is 2.03 bits per heavy atom. The van der Waals surface area contributed by atoms with Gasteiger partial charge in [0.15, 0.2) is 43.3 Å². The summed E-state index contributed by atoms with van der Waals surface area (Å²) in [5, 5.41) is 76.5. The lowest BCUT2D eigenvalue weighted by Crippen LogP contribution is -2.72. The van der Waals surface area contributed by atoms with Gasteiger partial charge in [-0.2, -0.15) is 0 Å². The van der Waals surface area contributed by atoms with Crippen molar-refractivity contribution in [3.8, 4) is 0 Å². The van der Waals surface area contributed by atoms with E-state index in [1.807, 2.05) is 27.7 Å². The molecule has 0 aromatic heterocycles. The van der Waals surface area contributed by atoms with Crippen LogP contribution in [-0.2, 0) is 61.2 Å². The maximum absolute atomic E-state index is 13.5. The molecule has 0 radical (unpaired) electrons. The van der Waals surface area contributed by atoms with E-state index in [4.69, 9.17) is 53.7 Å². The molecule has 3 heterocycles. The molecule has 0 saturated carbocycles. The summed E-state index contributed by atoms with van der Waals surface area (Å²) >= 11 is 0. The van der Waals surface area contributed by atoms with Crippen molar-refractivity contribution >= 4 is 31.7 Å². The highest BCUT2D eigenvalue weighted by Gasteiger charge is 2.61. The number of aliphatic hydroxyl groups is 6. The normalized spacial score (nSPS) is 35.5. The fraction of sp³-hybridized carbons (Fsp3) is 0.750. The van der Waals surface area contributed by atoms with E-state index in [2.05, 4.69) is 17.5 Å². The van der Waals surface area contributed by atoms with Crippen LogP contribution < -0.4 is 16.8 Å². The van der Waals surface area contributed by atoms with Crippen molar-refractivity contribution in [2.75, 3.05) is 19.8 Å². The first kappa shape index (κ1) is 56.9. The zero-order valence-electron chi connectivity index (χ0n) is 37.7. The van der Waals surface area contributed by atoms with Crippen LogP contribution in [0.5, 0.6) is 0 Å². The maximum atomic E-state index is 13.5. The van der Waals surface area contributed by atoms with Crippen LogP contribution in [0.15, 0.2) is 34.9 Å². The molecular weight excluding hydrogens is 905 g/mol. The highest BCUT2D eigenvalue weighted by atomic mass is 31.2. The third-order valence-corrected chi connectivity index (χ3v) is 11.7. The number of phosphoric acid groups is 1. The van der Waals surface area contributed by atoms with E-state index in [0.29, 0.717) is 6.42 Å². The van der Waals surface area contributed by atoms with E-state index in [-0.39, 0.29) is 6.61 Å². The van der Waals surface area contributed by atoms with Crippen LogP contribution in [0.2, 0.25) is 0 Å². The Balaban J connectivity index is 1.86.